The molecule has 5 aliphatic carbocycles. The largest absolute Gasteiger partial charge is 0.481 e. The van der Waals surface area contributed by atoms with Crippen molar-refractivity contribution >= 4 is 35.2 Å². The molecular weight excluding hydrogens is 698 g/mol. The Labute approximate surface area is 329 Å². The number of allylic oxidation sites excluding steroid dienone is 2. The van der Waals surface area contributed by atoms with Crippen molar-refractivity contribution in [2.24, 2.45) is 56.2 Å². The molecule has 2 unspecified atom stereocenters. The van der Waals surface area contributed by atoms with Gasteiger partial charge in [-0.2, -0.15) is 0 Å². The summed E-state index contributed by atoms with van der Waals surface area (Å²) in [6.45, 7) is 22.5. The molecular formula is C46H66ClNO6. The molecule has 4 saturated carbocycles. The van der Waals surface area contributed by atoms with E-state index in [0.717, 1.165) is 68.9 Å². The van der Waals surface area contributed by atoms with E-state index >= 15 is 0 Å². The average Bonchev–Trinajstić information content (AvgIpc) is 3.37. The quantitative estimate of drug-likeness (QED) is 0.238. The number of ether oxygens (including phenoxy) is 1. The minimum absolute atomic E-state index is 0.0282. The van der Waals surface area contributed by atoms with Crippen molar-refractivity contribution in [3.05, 3.63) is 46.0 Å². The molecule has 0 saturated heterocycles. The number of ketones is 1. The molecule has 4 fully saturated rings. The van der Waals surface area contributed by atoms with Crippen LogP contribution in [-0.4, -0.2) is 46.3 Å². The van der Waals surface area contributed by atoms with Crippen LogP contribution in [0.15, 0.2) is 35.4 Å². The normalized spacial score (nSPS) is 35.8. The molecule has 54 heavy (non-hydrogen) atoms. The number of halogens is 1. The number of benzene rings is 1. The van der Waals surface area contributed by atoms with E-state index in [2.05, 4.69) is 48.5 Å². The highest BCUT2D eigenvalue weighted by atomic mass is 35.5. The van der Waals surface area contributed by atoms with Crippen LogP contribution in [0.25, 0.3) is 0 Å². The SMILES string of the molecule is CC(=O)N(CC[C@@]12CC[C@]3(C)[C@H](CCC4[C@@]5(C)CC[C@H](OC(=O)CC(C)(C)C(=O)O)C(C)(C)C5CC[C@]43C)C1=C(C(C)C)C(=O)C2)Cc1ccccc1Cl. The monoisotopic (exact) mass is 763 g/mol. The fraction of sp³-hybridized carbons (Fsp3) is 0.739. The van der Waals surface area contributed by atoms with Gasteiger partial charge in [0.1, 0.15) is 6.10 Å². The number of amides is 1. The Morgan fingerprint density at radius 1 is 0.944 bits per heavy atom. The van der Waals surface area contributed by atoms with Crippen LogP contribution < -0.4 is 0 Å². The molecule has 6 rings (SSSR count). The van der Waals surface area contributed by atoms with E-state index in [0.29, 0.717) is 48.1 Å². The van der Waals surface area contributed by atoms with Crippen molar-refractivity contribution in [2.75, 3.05) is 6.54 Å². The van der Waals surface area contributed by atoms with Crippen LogP contribution in [0.2, 0.25) is 5.02 Å². The van der Waals surface area contributed by atoms with Crippen molar-refractivity contribution in [3.8, 4) is 0 Å². The Morgan fingerprint density at radius 3 is 2.26 bits per heavy atom. The second-order valence-electron chi connectivity index (χ2n) is 20.5. The van der Waals surface area contributed by atoms with Crippen molar-refractivity contribution in [3.63, 3.8) is 0 Å². The van der Waals surface area contributed by atoms with E-state index in [1.165, 1.54) is 5.57 Å². The summed E-state index contributed by atoms with van der Waals surface area (Å²) in [6.07, 6.45) is 9.11. The summed E-state index contributed by atoms with van der Waals surface area (Å²) in [7, 11) is 0. The molecule has 1 N–H and O–H groups in total. The van der Waals surface area contributed by atoms with Crippen LogP contribution >= 0.6 is 11.6 Å². The second-order valence-corrected chi connectivity index (χ2v) is 20.9. The molecule has 1 aromatic carbocycles. The molecule has 0 aliphatic heterocycles. The van der Waals surface area contributed by atoms with Gasteiger partial charge in [0.2, 0.25) is 5.91 Å². The van der Waals surface area contributed by atoms with Gasteiger partial charge in [0, 0.05) is 42.3 Å². The lowest BCUT2D eigenvalue weighted by molar-refractivity contribution is -0.233. The number of rotatable bonds is 10. The van der Waals surface area contributed by atoms with Crippen LogP contribution in [0.3, 0.4) is 0 Å². The lowest BCUT2D eigenvalue weighted by Gasteiger charge is -2.72. The zero-order valence-corrected chi connectivity index (χ0v) is 35.5. The van der Waals surface area contributed by atoms with Gasteiger partial charge in [0.25, 0.3) is 0 Å². The van der Waals surface area contributed by atoms with Gasteiger partial charge in [-0.15, -0.1) is 0 Å². The number of carbonyl (C=O) groups excluding carboxylic acids is 3. The van der Waals surface area contributed by atoms with Gasteiger partial charge in [-0.25, -0.2) is 0 Å². The van der Waals surface area contributed by atoms with Crippen LogP contribution in [0.5, 0.6) is 0 Å². The summed E-state index contributed by atoms with van der Waals surface area (Å²) in [5, 5.41) is 10.3. The maximum absolute atomic E-state index is 14.1. The van der Waals surface area contributed by atoms with Gasteiger partial charge in [-0.05, 0) is 129 Å². The van der Waals surface area contributed by atoms with E-state index in [1.54, 1.807) is 20.8 Å². The van der Waals surface area contributed by atoms with Gasteiger partial charge in [0.05, 0.1) is 11.8 Å². The van der Waals surface area contributed by atoms with Crippen molar-refractivity contribution in [2.45, 2.75) is 153 Å². The summed E-state index contributed by atoms with van der Waals surface area (Å²) in [5.41, 5.74) is 2.00. The van der Waals surface area contributed by atoms with Crippen molar-refractivity contribution < 1.29 is 29.0 Å². The second kappa shape index (κ2) is 14.1. The first-order valence-electron chi connectivity index (χ1n) is 20.7. The number of carboxylic acid groups (broad SMARTS) is 1. The third-order valence-electron chi connectivity index (χ3n) is 16.6. The molecule has 7 nitrogen and oxygen atoms in total. The van der Waals surface area contributed by atoms with Gasteiger partial charge in [-0.1, -0.05) is 83.8 Å². The molecule has 1 amide bonds. The Kier molecular flexibility index (Phi) is 10.7. The zero-order chi connectivity index (χ0) is 39.8. The van der Waals surface area contributed by atoms with Crippen LogP contribution in [0.1, 0.15) is 145 Å². The Balaban J connectivity index is 1.27. The highest BCUT2D eigenvalue weighted by Crippen LogP contribution is 2.77. The maximum Gasteiger partial charge on any atom is 0.309 e. The number of carboxylic acids is 1. The number of hydrogen-bond donors (Lipinski definition) is 1. The zero-order valence-electron chi connectivity index (χ0n) is 34.7. The van der Waals surface area contributed by atoms with E-state index < -0.39 is 17.4 Å². The first-order chi connectivity index (χ1) is 25.0. The van der Waals surface area contributed by atoms with Gasteiger partial charge < -0.3 is 14.7 Å². The van der Waals surface area contributed by atoms with Crippen LogP contribution in [-0.2, 0) is 30.5 Å². The number of Topliss-reactive ketones (excluding diaryl/α,β-unsaturated/α-hetero) is 1. The Hall–Kier alpha value is -2.67. The number of nitrogens with zero attached hydrogens (tertiary/aromatic N) is 1. The molecule has 1 aromatic rings. The lowest BCUT2D eigenvalue weighted by Crippen LogP contribution is -2.65. The van der Waals surface area contributed by atoms with E-state index in [9.17, 15) is 24.3 Å². The van der Waals surface area contributed by atoms with E-state index in [-0.39, 0.29) is 51.4 Å². The average molecular weight is 764 g/mol. The molecule has 0 aromatic heterocycles. The minimum atomic E-state index is -1.17. The third kappa shape index (κ3) is 6.48. The van der Waals surface area contributed by atoms with Gasteiger partial charge in [-0.3, -0.25) is 19.2 Å². The minimum Gasteiger partial charge on any atom is -0.481 e. The molecule has 5 aliphatic rings. The molecule has 8 atom stereocenters. The Morgan fingerprint density at radius 2 is 1.63 bits per heavy atom. The number of carbonyl (C=O) groups is 4. The van der Waals surface area contributed by atoms with Crippen molar-refractivity contribution in [1.29, 1.82) is 0 Å². The molecule has 0 radical (unpaired) electrons. The molecule has 0 spiro atoms. The standard InChI is InChI=1S/C46H66ClNO6/c1-28(2)38-33(50)25-46(23-24-48(29(3)49)27-30-13-11-12-14-32(30)47)22-21-44(9)31(39(38)46)15-16-35-43(8)19-18-36(54-37(51)26-41(4,5)40(52)53)42(6,7)34(43)17-20-45(35,44)10/h11-14,28,31,34-36H,15-27H2,1-10H3,(H,52,53)/t31-,34?,35?,36+,43+,44-,45-,46-/m1/s1. The third-order valence-corrected chi connectivity index (χ3v) is 16.9. The highest BCUT2D eigenvalue weighted by molar-refractivity contribution is 6.31. The fourth-order valence-corrected chi connectivity index (χ4v) is 13.6. The molecule has 0 heterocycles. The van der Waals surface area contributed by atoms with E-state index in [1.807, 2.05) is 29.2 Å². The predicted molar refractivity (Wildman–Crippen MR) is 213 cm³/mol. The number of esters is 1. The number of hydrogen-bond acceptors (Lipinski definition) is 5. The van der Waals surface area contributed by atoms with E-state index in [4.69, 9.17) is 16.3 Å². The summed E-state index contributed by atoms with van der Waals surface area (Å²) < 4.78 is 6.18. The summed E-state index contributed by atoms with van der Waals surface area (Å²) >= 11 is 6.54. The lowest BCUT2D eigenvalue weighted by atomic mass is 9.33. The maximum atomic E-state index is 14.1. The molecule has 8 heteroatoms. The van der Waals surface area contributed by atoms with Crippen molar-refractivity contribution in [1.82, 2.24) is 4.90 Å². The smallest absolute Gasteiger partial charge is 0.309 e. The summed E-state index contributed by atoms with van der Waals surface area (Å²) in [5.74, 6) is 0.294. The van der Waals surface area contributed by atoms with Crippen LogP contribution in [0, 0.1) is 56.2 Å². The van der Waals surface area contributed by atoms with Crippen LogP contribution in [0.4, 0.5) is 0 Å². The van der Waals surface area contributed by atoms with Gasteiger partial charge in [0.15, 0.2) is 5.78 Å². The summed E-state index contributed by atoms with van der Waals surface area (Å²) in [6, 6.07) is 7.74. The fourth-order valence-electron chi connectivity index (χ4n) is 13.4. The highest BCUT2D eigenvalue weighted by Gasteiger charge is 2.70. The topological polar surface area (TPSA) is 101 Å². The molecule has 0 bridgehead atoms. The predicted octanol–water partition coefficient (Wildman–Crippen LogP) is 10.5. The first kappa shape index (κ1) is 41.0. The summed E-state index contributed by atoms with van der Waals surface area (Å²) in [4.78, 5) is 54.0. The first-order valence-corrected chi connectivity index (χ1v) is 21.1. The molecule has 298 valence electrons. The number of aliphatic carboxylic acids is 1. The van der Waals surface area contributed by atoms with Gasteiger partial charge >= 0.3 is 11.9 Å². The number of fused-ring (bicyclic) bond motifs is 7. The Bertz CT molecular complexity index is 1730.